The number of carbonyl (C=O) groups excluding carboxylic acids is 1. The van der Waals surface area contributed by atoms with Crippen molar-refractivity contribution < 1.29 is 40.6 Å². The minimum atomic E-state index is -4.80. The summed E-state index contributed by atoms with van der Waals surface area (Å²) in [5.41, 5.74) is 0.0652. The Morgan fingerprint density at radius 3 is 2.34 bits per heavy atom. The molecule has 0 aliphatic carbocycles. The second kappa shape index (κ2) is 9.25. The number of halogens is 3. The number of rotatable bonds is 6. The van der Waals surface area contributed by atoms with Crippen LogP contribution >= 0.6 is 0 Å². The minimum Gasteiger partial charge on any atom is -0.496 e. The van der Waals surface area contributed by atoms with Crippen LogP contribution in [0.4, 0.5) is 13.2 Å². The fourth-order valence-electron chi connectivity index (χ4n) is 3.32. The molecule has 0 spiro atoms. The molecule has 0 radical (unpaired) electrons. The molecule has 1 aliphatic heterocycles. The average Bonchev–Trinajstić information content (AvgIpc) is 2.71. The fraction of sp³-hybridized carbons (Fsp3) is 0.350. The molecular weight excluding hydrogens is 453 g/mol. The summed E-state index contributed by atoms with van der Waals surface area (Å²) in [5.74, 6) is -0.378. The van der Waals surface area contributed by atoms with Crippen molar-refractivity contribution in [2.24, 2.45) is 5.14 Å². The Morgan fingerprint density at radius 2 is 1.75 bits per heavy atom. The number of nitrogens with two attached hydrogens (primary N) is 1. The predicted octanol–water partition coefficient (Wildman–Crippen LogP) is 2.92. The van der Waals surface area contributed by atoms with Gasteiger partial charge in [0.2, 0.25) is 10.0 Å². The van der Waals surface area contributed by atoms with E-state index in [9.17, 15) is 26.4 Å². The van der Waals surface area contributed by atoms with E-state index < -0.39 is 22.3 Å². The normalized spacial score (nSPS) is 15.3. The van der Waals surface area contributed by atoms with Gasteiger partial charge >= 0.3 is 6.36 Å². The molecule has 1 heterocycles. The highest BCUT2D eigenvalue weighted by Gasteiger charge is 2.31. The lowest BCUT2D eigenvalue weighted by Gasteiger charge is -2.32. The van der Waals surface area contributed by atoms with E-state index in [-0.39, 0.29) is 33.8 Å². The Bertz CT molecular complexity index is 1080. The van der Waals surface area contributed by atoms with Gasteiger partial charge < -0.3 is 19.1 Å². The van der Waals surface area contributed by atoms with Crippen molar-refractivity contribution in [3.8, 4) is 17.2 Å². The highest BCUT2D eigenvalue weighted by atomic mass is 32.2. The summed E-state index contributed by atoms with van der Waals surface area (Å²) in [6, 6.07) is 9.01. The SMILES string of the molecule is COc1ccc(S(N)(=O)=O)cc1C(=O)N1CCC(Oc2cccc(OC(F)(F)F)c2)CC1. The van der Waals surface area contributed by atoms with E-state index in [4.69, 9.17) is 14.6 Å². The van der Waals surface area contributed by atoms with Gasteiger partial charge in [0.15, 0.2) is 0 Å². The summed E-state index contributed by atoms with van der Waals surface area (Å²) in [6.45, 7) is 0.593. The Kier molecular flexibility index (Phi) is 6.84. The molecule has 2 aromatic carbocycles. The van der Waals surface area contributed by atoms with E-state index in [1.165, 1.54) is 48.4 Å². The zero-order chi connectivity index (χ0) is 23.5. The lowest BCUT2D eigenvalue weighted by molar-refractivity contribution is -0.274. The van der Waals surface area contributed by atoms with Gasteiger partial charge in [0, 0.05) is 32.0 Å². The summed E-state index contributed by atoms with van der Waals surface area (Å²) >= 11 is 0. The summed E-state index contributed by atoms with van der Waals surface area (Å²) in [6.07, 6.45) is -4.27. The largest absolute Gasteiger partial charge is 0.573 e. The molecule has 0 atom stereocenters. The van der Waals surface area contributed by atoms with Crippen molar-refractivity contribution in [3.63, 3.8) is 0 Å². The van der Waals surface area contributed by atoms with Crippen LogP contribution in [0.3, 0.4) is 0 Å². The Labute approximate surface area is 182 Å². The summed E-state index contributed by atoms with van der Waals surface area (Å²) < 4.78 is 75.2. The van der Waals surface area contributed by atoms with E-state index in [0.717, 1.165) is 6.07 Å². The molecule has 0 bridgehead atoms. The number of benzene rings is 2. The van der Waals surface area contributed by atoms with Crippen LogP contribution in [0.1, 0.15) is 23.2 Å². The van der Waals surface area contributed by atoms with Crippen molar-refractivity contribution in [2.75, 3.05) is 20.2 Å². The first-order valence-electron chi connectivity index (χ1n) is 9.49. The van der Waals surface area contributed by atoms with Crippen molar-refractivity contribution >= 4 is 15.9 Å². The predicted molar refractivity (Wildman–Crippen MR) is 107 cm³/mol. The standard InChI is InChI=1S/C20H21F3N2O6S/c1-29-18-6-5-16(32(24,27)28)12-17(18)19(26)25-9-7-13(8-10-25)30-14-3-2-4-15(11-14)31-20(21,22)23/h2-6,11-13H,7-10H2,1H3,(H2,24,27,28). The van der Waals surface area contributed by atoms with Crippen LogP contribution in [0.2, 0.25) is 0 Å². The molecule has 8 nitrogen and oxygen atoms in total. The number of amides is 1. The van der Waals surface area contributed by atoms with Crippen LogP contribution in [0.15, 0.2) is 47.4 Å². The van der Waals surface area contributed by atoms with Crippen LogP contribution in [0.25, 0.3) is 0 Å². The van der Waals surface area contributed by atoms with Crippen LogP contribution in [0.5, 0.6) is 17.2 Å². The number of nitrogens with zero attached hydrogens (tertiary/aromatic N) is 1. The molecule has 1 aliphatic rings. The quantitative estimate of drug-likeness (QED) is 0.690. The lowest BCUT2D eigenvalue weighted by Crippen LogP contribution is -2.42. The highest BCUT2D eigenvalue weighted by Crippen LogP contribution is 2.29. The van der Waals surface area contributed by atoms with Gasteiger partial charge in [0.1, 0.15) is 23.4 Å². The number of likely N-dealkylation sites (tertiary alicyclic amines) is 1. The van der Waals surface area contributed by atoms with Crippen molar-refractivity contribution in [2.45, 2.75) is 30.2 Å². The van der Waals surface area contributed by atoms with Gasteiger partial charge in [-0.15, -0.1) is 13.2 Å². The topological polar surface area (TPSA) is 108 Å². The second-order valence-electron chi connectivity index (χ2n) is 7.04. The first-order valence-corrected chi connectivity index (χ1v) is 11.0. The third-order valence-electron chi connectivity index (χ3n) is 4.80. The number of piperidine rings is 1. The number of sulfonamides is 1. The van der Waals surface area contributed by atoms with Gasteiger partial charge in [0.05, 0.1) is 17.6 Å². The van der Waals surface area contributed by atoms with Crippen LogP contribution < -0.4 is 19.3 Å². The number of carbonyl (C=O) groups is 1. The maximum absolute atomic E-state index is 12.9. The second-order valence-corrected chi connectivity index (χ2v) is 8.60. The smallest absolute Gasteiger partial charge is 0.496 e. The Morgan fingerprint density at radius 1 is 1.09 bits per heavy atom. The van der Waals surface area contributed by atoms with Gasteiger partial charge in [-0.1, -0.05) is 6.07 Å². The molecule has 0 aromatic heterocycles. The molecule has 1 amide bonds. The van der Waals surface area contributed by atoms with E-state index in [1.807, 2.05) is 0 Å². The summed E-state index contributed by atoms with van der Waals surface area (Å²) in [5, 5.41) is 5.15. The van der Waals surface area contributed by atoms with Gasteiger partial charge in [-0.05, 0) is 30.3 Å². The fourth-order valence-corrected chi connectivity index (χ4v) is 3.86. The maximum atomic E-state index is 12.9. The Hall–Kier alpha value is -2.99. The zero-order valence-corrected chi connectivity index (χ0v) is 17.8. The van der Waals surface area contributed by atoms with Crippen molar-refractivity contribution in [3.05, 3.63) is 48.0 Å². The molecule has 2 N–H and O–H groups in total. The number of methoxy groups -OCH3 is 1. The number of hydrogen-bond acceptors (Lipinski definition) is 6. The number of hydrogen-bond donors (Lipinski definition) is 1. The molecule has 2 aromatic rings. The van der Waals surface area contributed by atoms with E-state index in [2.05, 4.69) is 4.74 Å². The molecule has 32 heavy (non-hydrogen) atoms. The molecule has 1 fully saturated rings. The molecule has 0 saturated carbocycles. The number of primary sulfonamides is 1. The average molecular weight is 474 g/mol. The van der Waals surface area contributed by atoms with Crippen LogP contribution in [-0.4, -0.2) is 51.9 Å². The number of ether oxygens (including phenoxy) is 3. The maximum Gasteiger partial charge on any atom is 0.573 e. The van der Waals surface area contributed by atoms with Crippen molar-refractivity contribution in [1.29, 1.82) is 0 Å². The number of alkyl halides is 3. The first kappa shape index (κ1) is 23.7. The molecule has 12 heteroatoms. The van der Waals surface area contributed by atoms with E-state index in [0.29, 0.717) is 25.9 Å². The van der Waals surface area contributed by atoms with Crippen LogP contribution in [-0.2, 0) is 10.0 Å². The van der Waals surface area contributed by atoms with Gasteiger partial charge in [-0.2, -0.15) is 0 Å². The molecular formula is C20H21F3N2O6S. The highest BCUT2D eigenvalue weighted by molar-refractivity contribution is 7.89. The van der Waals surface area contributed by atoms with Gasteiger partial charge in [-0.25, -0.2) is 13.6 Å². The van der Waals surface area contributed by atoms with E-state index >= 15 is 0 Å². The monoisotopic (exact) mass is 474 g/mol. The van der Waals surface area contributed by atoms with Gasteiger partial charge in [-0.3, -0.25) is 4.79 Å². The third-order valence-corrected chi connectivity index (χ3v) is 5.71. The summed E-state index contributed by atoms with van der Waals surface area (Å²) in [4.78, 5) is 14.3. The van der Waals surface area contributed by atoms with E-state index in [1.54, 1.807) is 0 Å². The van der Waals surface area contributed by atoms with Gasteiger partial charge in [0.25, 0.3) is 5.91 Å². The minimum absolute atomic E-state index is 0.0652. The zero-order valence-electron chi connectivity index (χ0n) is 17.0. The summed E-state index contributed by atoms with van der Waals surface area (Å²) in [7, 11) is -2.64. The molecule has 1 saturated heterocycles. The first-order chi connectivity index (χ1) is 15.0. The molecule has 3 rings (SSSR count). The molecule has 174 valence electrons. The third kappa shape index (κ3) is 6.04. The molecule has 0 unspecified atom stereocenters. The lowest BCUT2D eigenvalue weighted by atomic mass is 10.1. The Balaban J connectivity index is 1.65. The van der Waals surface area contributed by atoms with Crippen LogP contribution in [0, 0.1) is 0 Å². The van der Waals surface area contributed by atoms with Crippen molar-refractivity contribution in [1.82, 2.24) is 4.90 Å².